The molecule has 0 spiro atoms. The largest absolute Gasteiger partial charge is 0.489 e. The van der Waals surface area contributed by atoms with Gasteiger partial charge in [-0.05, 0) is 73.9 Å². The highest BCUT2D eigenvalue weighted by Gasteiger charge is 2.33. The highest BCUT2D eigenvalue weighted by Crippen LogP contribution is 2.39. The molecule has 2 heterocycles. The van der Waals surface area contributed by atoms with Crippen molar-refractivity contribution >= 4 is 22.9 Å². The van der Waals surface area contributed by atoms with Crippen molar-refractivity contribution in [1.29, 1.82) is 0 Å². The molecule has 0 bridgehead atoms. The van der Waals surface area contributed by atoms with Crippen LogP contribution in [0.25, 0.3) is 0 Å². The van der Waals surface area contributed by atoms with Crippen molar-refractivity contribution in [1.82, 2.24) is 9.97 Å². The molecular formula is C32H35N3O2S. The molecule has 0 aliphatic heterocycles. The maximum atomic E-state index is 14.3. The van der Waals surface area contributed by atoms with Crippen LogP contribution in [0.4, 0.5) is 5.69 Å². The first kappa shape index (κ1) is 26.1. The summed E-state index contributed by atoms with van der Waals surface area (Å²) in [5, 5.41) is 1.02. The standard InChI is InChI=1S/C32H35N3O2S/c1-21(2)29-17-16-25(18-33-29)35(19-31-22(3)34-23(4)38-31)32(36)28-14-8-13-27-26(28)12-9-15-30(27)37-20-24-10-6-5-7-11-24/h5-7,9-12,15-18,21,28H,8,13-14,19-20H2,1-4H3. The number of anilines is 1. The topological polar surface area (TPSA) is 55.3 Å². The zero-order chi connectivity index (χ0) is 26.6. The number of nitrogens with zero attached hydrogens (tertiary/aromatic N) is 3. The number of fused-ring (bicyclic) bond motifs is 1. The highest BCUT2D eigenvalue weighted by atomic mass is 32.1. The van der Waals surface area contributed by atoms with Crippen LogP contribution in [0.3, 0.4) is 0 Å². The molecule has 0 fully saturated rings. The van der Waals surface area contributed by atoms with E-state index in [-0.39, 0.29) is 11.8 Å². The maximum absolute atomic E-state index is 14.3. The van der Waals surface area contributed by atoms with Crippen LogP contribution in [0, 0.1) is 13.8 Å². The van der Waals surface area contributed by atoms with Gasteiger partial charge < -0.3 is 9.64 Å². The van der Waals surface area contributed by atoms with Crippen molar-refractivity contribution in [3.8, 4) is 5.75 Å². The van der Waals surface area contributed by atoms with E-state index in [9.17, 15) is 4.79 Å². The Balaban J connectivity index is 1.46. The Labute approximate surface area is 229 Å². The molecule has 1 aliphatic carbocycles. The average Bonchev–Trinajstić information content (AvgIpc) is 3.26. The van der Waals surface area contributed by atoms with Crippen LogP contribution in [-0.2, 0) is 24.4 Å². The van der Waals surface area contributed by atoms with Crippen LogP contribution in [0.5, 0.6) is 5.75 Å². The molecule has 1 aliphatic rings. The van der Waals surface area contributed by atoms with Crippen LogP contribution < -0.4 is 9.64 Å². The van der Waals surface area contributed by atoms with Crippen LogP contribution in [-0.4, -0.2) is 15.9 Å². The summed E-state index contributed by atoms with van der Waals surface area (Å²) < 4.78 is 6.27. The summed E-state index contributed by atoms with van der Waals surface area (Å²) >= 11 is 1.66. The molecular weight excluding hydrogens is 490 g/mol. The van der Waals surface area contributed by atoms with Crippen molar-refractivity contribution in [3.63, 3.8) is 0 Å². The predicted octanol–water partition coefficient (Wildman–Crippen LogP) is 7.51. The van der Waals surface area contributed by atoms with Gasteiger partial charge in [0.15, 0.2) is 0 Å². The number of amides is 1. The lowest BCUT2D eigenvalue weighted by molar-refractivity contribution is -0.120. The number of aromatic nitrogens is 2. The van der Waals surface area contributed by atoms with Crippen molar-refractivity contribution in [2.75, 3.05) is 4.90 Å². The Bertz CT molecular complexity index is 1400. The van der Waals surface area contributed by atoms with Gasteiger partial charge in [-0.1, -0.05) is 56.3 Å². The molecule has 5 rings (SSSR count). The Morgan fingerprint density at radius 3 is 2.58 bits per heavy atom. The molecule has 1 amide bonds. The number of hydrogen-bond donors (Lipinski definition) is 0. The average molecular weight is 526 g/mol. The first-order valence-corrected chi connectivity index (χ1v) is 14.2. The zero-order valence-electron chi connectivity index (χ0n) is 22.6. The minimum atomic E-state index is -0.224. The summed E-state index contributed by atoms with van der Waals surface area (Å²) in [4.78, 5) is 26.6. The monoisotopic (exact) mass is 525 g/mol. The van der Waals surface area contributed by atoms with Crippen LogP contribution >= 0.6 is 11.3 Å². The molecule has 0 radical (unpaired) electrons. The third-order valence-electron chi connectivity index (χ3n) is 7.24. The first-order valence-electron chi connectivity index (χ1n) is 13.4. The molecule has 0 saturated heterocycles. The molecule has 0 N–H and O–H groups in total. The van der Waals surface area contributed by atoms with Gasteiger partial charge in [0.05, 0.1) is 35.0 Å². The Morgan fingerprint density at radius 1 is 1.08 bits per heavy atom. The maximum Gasteiger partial charge on any atom is 0.234 e. The van der Waals surface area contributed by atoms with E-state index in [0.29, 0.717) is 19.1 Å². The minimum Gasteiger partial charge on any atom is -0.489 e. The lowest BCUT2D eigenvalue weighted by atomic mass is 9.81. The summed E-state index contributed by atoms with van der Waals surface area (Å²) in [5.74, 6) is 1.10. The number of carbonyl (C=O) groups is 1. The second kappa shape index (κ2) is 11.5. The van der Waals surface area contributed by atoms with E-state index in [1.807, 2.05) is 67.4 Å². The molecule has 2 aromatic heterocycles. The van der Waals surface area contributed by atoms with E-state index < -0.39 is 0 Å². The van der Waals surface area contributed by atoms with Crippen LogP contribution in [0.2, 0.25) is 0 Å². The van der Waals surface area contributed by atoms with E-state index in [4.69, 9.17) is 4.74 Å². The van der Waals surface area contributed by atoms with E-state index in [0.717, 1.165) is 68.7 Å². The summed E-state index contributed by atoms with van der Waals surface area (Å²) in [7, 11) is 0. The number of benzene rings is 2. The van der Waals surface area contributed by atoms with Gasteiger partial charge in [-0.2, -0.15) is 0 Å². The molecule has 5 nitrogen and oxygen atoms in total. The normalized spacial score (nSPS) is 14.8. The number of carbonyl (C=O) groups excluding carboxylic acids is 1. The van der Waals surface area contributed by atoms with Gasteiger partial charge in [-0.25, -0.2) is 4.98 Å². The zero-order valence-corrected chi connectivity index (χ0v) is 23.4. The number of ether oxygens (including phenoxy) is 1. The van der Waals surface area contributed by atoms with E-state index in [1.54, 1.807) is 11.3 Å². The van der Waals surface area contributed by atoms with Crippen molar-refractivity contribution in [3.05, 3.63) is 105 Å². The van der Waals surface area contributed by atoms with Crippen molar-refractivity contribution in [2.45, 2.75) is 71.9 Å². The quantitative estimate of drug-likeness (QED) is 0.239. The summed E-state index contributed by atoms with van der Waals surface area (Å²) in [5.41, 5.74) is 6.21. The molecule has 38 heavy (non-hydrogen) atoms. The smallest absolute Gasteiger partial charge is 0.234 e. The number of thiazole rings is 1. The summed E-state index contributed by atoms with van der Waals surface area (Å²) in [6.45, 7) is 9.30. The van der Waals surface area contributed by atoms with Gasteiger partial charge in [0, 0.05) is 10.6 Å². The fourth-order valence-corrected chi connectivity index (χ4v) is 6.12. The van der Waals surface area contributed by atoms with Gasteiger partial charge in [0.25, 0.3) is 0 Å². The van der Waals surface area contributed by atoms with E-state index >= 15 is 0 Å². The van der Waals surface area contributed by atoms with Crippen molar-refractivity contribution < 1.29 is 9.53 Å². The molecule has 2 aromatic carbocycles. The highest BCUT2D eigenvalue weighted by molar-refractivity contribution is 7.11. The van der Waals surface area contributed by atoms with E-state index in [1.165, 1.54) is 0 Å². The van der Waals surface area contributed by atoms with Crippen LogP contribution in [0.1, 0.15) is 76.5 Å². The first-order chi connectivity index (χ1) is 18.4. The Morgan fingerprint density at radius 2 is 1.89 bits per heavy atom. The third kappa shape index (κ3) is 5.65. The van der Waals surface area contributed by atoms with Crippen molar-refractivity contribution in [2.24, 2.45) is 0 Å². The third-order valence-corrected chi connectivity index (χ3v) is 8.30. The second-order valence-electron chi connectivity index (χ2n) is 10.3. The Kier molecular flexibility index (Phi) is 7.89. The van der Waals surface area contributed by atoms with E-state index in [2.05, 4.69) is 42.0 Å². The van der Waals surface area contributed by atoms with Gasteiger partial charge in [-0.15, -0.1) is 11.3 Å². The number of pyridine rings is 1. The predicted molar refractivity (Wildman–Crippen MR) is 154 cm³/mol. The molecule has 196 valence electrons. The lowest BCUT2D eigenvalue weighted by Gasteiger charge is -2.31. The summed E-state index contributed by atoms with van der Waals surface area (Å²) in [6.07, 6.45) is 4.54. The molecule has 6 heteroatoms. The second-order valence-corrected chi connectivity index (χ2v) is 11.6. The molecule has 1 unspecified atom stereocenters. The fraction of sp³-hybridized carbons (Fsp3) is 0.344. The molecule has 4 aromatic rings. The lowest BCUT2D eigenvalue weighted by Crippen LogP contribution is -2.36. The summed E-state index contributed by atoms with van der Waals surface area (Å²) in [6, 6.07) is 20.4. The Hall–Kier alpha value is -3.51. The minimum absolute atomic E-state index is 0.107. The molecule has 1 atom stereocenters. The number of aryl methyl sites for hydroxylation is 2. The van der Waals surface area contributed by atoms with Gasteiger partial charge in [0.2, 0.25) is 5.91 Å². The SMILES string of the molecule is Cc1nc(C)c(CN(C(=O)C2CCCc3c(OCc4ccccc4)cccc32)c2ccc(C(C)C)nc2)s1. The van der Waals surface area contributed by atoms with Gasteiger partial charge >= 0.3 is 0 Å². The molecule has 0 saturated carbocycles. The number of hydrogen-bond acceptors (Lipinski definition) is 5. The van der Waals surface area contributed by atoms with Gasteiger partial charge in [-0.3, -0.25) is 9.78 Å². The van der Waals surface area contributed by atoms with Gasteiger partial charge in [0.1, 0.15) is 12.4 Å². The van der Waals surface area contributed by atoms with Crippen LogP contribution in [0.15, 0.2) is 66.9 Å². The fourth-order valence-electron chi connectivity index (χ4n) is 5.19. The number of rotatable bonds is 8.